The number of rotatable bonds is 5. The fraction of sp³-hybridized carbons (Fsp3) is 0.640. The lowest BCUT2D eigenvalue weighted by Crippen LogP contribution is -2.37. The molecule has 9 heteroatoms. The van der Waals surface area contributed by atoms with E-state index >= 15 is 0 Å². The molecule has 2 aromatic heterocycles. The van der Waals surface area contributed by atoms with E-state index < -0.39 is 11.7 Å². The highest BCUT2D eigenvalue weighted by Crippen LogP contribution is 2.30. The average Bonchev–Trinajstić information content (AvgIpc) is 3.13. The molecule has 1 amide bonds. The van der Waals surface area contributed by atoms with Crippen molar-refractivity contribution in [2.75, 3.05) is 32.7 Å². The lowest BCUT2D eigenvalue weighted by atomic mass is 9.89. The van der Waals surface area contributed by atoms with Crippen LogP contribution in [0.4, 0.5) is 13.2 Å². The van der Waals surface area contributed by atoms with Crippen LogP contribution < -0.4 is 0 Å². The van der Waals surface area contributed by atoms with E-state index in [1.54, 1.807) is 0 Å². The zero-order chi connectivity index (χ0) is 24.3. The van der Waals surface area contributed by atoms with Crippen LogP contribution in [0.5, 0.6) is 0 Å². The third-order valence-electron chi connectivity index (χ3n) is 6.99. The van der Waals surface area contributed by atoms with Crippen molar-refractivity contribution in [3.8, 4) is 5.82 Å². The maximum Gasteiger partial charge on any atom is 0.417 e. The summed E-state index contributed by atoms with van der Waals surface area (Å²) in [5, 5.41) is 4.35. The molecular formula is C25H34F3N5O. The number of alkyl halides is 3. The van der Waals surface area contributed by atoms with Crippen LogP contribution in [-0.4, -0.2) is 63.2 Å². The van der Waals surface area contributed by atoms with Gasteiger partial charge in [-0.25, -0.2) is 9.67 Å². The van der Waals surface area contributed by atoms with Crippen molar-refractivity contribution in [1.82, 2.24) is 24.6 Å². The summed E-state index contributed by atoms with van der Waals surface area (Å²) in [6, 6.07) is 2.29. The lowest BCUT2D eigenvalue weighted by molar-refractivity contribution is -0.137. The minimum atomic E-state index is -4.45. The van der Waals surface area contributed by atoms with Gasteiger partial charge >= 0.3 is 6.18 Å². The third kappa shape index (κ3) is 5.62. The Balaban J connectivity index is 1.48. The standard InChI is InChI=1S/C25H34F3N5O/c1-18(2)23-21(16-30-33(23)22-10-9-20(15-29-22)25(26,27)28)24(34)32-12-6-11-31(13-14-32)17-19-7-4-3-5-8-19/h9-10,15-16,18-19H,3-8,11-14,17H2,1-2H3. The van der Waals surface area contributed by atoms with Crippen molar-refractivity contribution in [3.63, 3.8) is 0 Å². The van der Waals surface area contributed by atoms with Gasteiger partial charge in [-0.2, -0.15) is 18.3 Å². The topological polar surface area (TPSA) is 54.3 Å². The summed E-state index contributed by atoms with van der Waals surface area (Å²) in [5.74, 6) is 0.921. The maximum atomic E-state index is 13.5. The number of amides is 1. The number of aromatic nitrogens is 3. The van der Waals surface area contributed by atoms with E-state index in [4.69, 9.17) is 0 Å². The van der Waals surface area contributed by atoms with E-state index in [1.165, 1.54) is 49.0 Å². The molecule has 0 N–H and O–H groups in total. The minimum Gasteiger partial charge on any atom is -0.337 e. The van der Waals surface area contributed by atoms with E-state index in [2.05, 4.69) is 15.0 Å². The van der Waals surface area contributed by atoms with Crippen LogP contribution in [0, 0.1) is 5.92 Å². The van der Waals surface area contributed by atoms with Crippen molar-refractivity contribution < 1.29 is 18.0 Å². The van der Waals surface area contributed by atoms with Gasteiger partial charge in [-0.1, -0.05) is 33.1 Å². The molecule has 4 rings (SSSR count). The number of carbonyl (C=O) groups is 1. The van der Waals surface area contributed by atoms with E-state index in [9.17, 15) is 18.0 Å². The largest absolute Gasteiger partial charge is 0.417 e. The van der Waals surface area contributed by atoms with Gasteiger partial charge in [0.1, 0.15) is 0 Å². The second-order valence-electron chi connectivity index (χ2n) is 9.86. The van der Waals surface area contributed by atoms with Gasteiger partial charge in [0, 0.05) is 32.4 Å². The normalized spacial score (nSPS) is 18.9. The number of nitrogens with zero attached hydrogens (tertiary/aromatic N) is 5. The van der Waals surface area contributed by atoms with Gasteiger partial charge in [0.25, 0.3) is 5.91 Å². The van der Waals surface area contributed by atoms with Crippen LogP contribution in [0.25, 0.3) is 5.82 Å². The molecule has 2 aromatic rings. The van der Waals surface area contributed by atoms with E-state index in [1.807, 2.05) is 18.7 Å². The zero-order valence-corrected chi connectivity index (χ0v) is 20.0. The van der Waals surface area contributed by atoms with Crippen molar-refractivity contribution in [3.05, 3.63) is 41.3 Å². The van der Waals surface area contributed by atoms with Gasteiger partial charge in [0.05, 0.1) is 23.0 Å². The fourth-order valence-electron chi connectivity index (χ4n) is 5.20. The van der Waals surface area contributed by atoms with Crippen LogP contribution >= 0.6 is 0 Å². The highest BCUT2D eigenvalue weighted by Gasteiger charge is 2.31. The fourth-order valence-corrected chi connectivity index (χ4v) is 5.20. The first-order valence-electron chi connectivity index (χ1n) is 12.4. The monoisotopic (exact) mass is 477 g/mol. The van der Waals surface area contributed by atoms with Crippen LogP contribution in [0.1, 0.15) is 79.9 Å². The van der Waals surface area contributed by atoms with Gasteiger partial charge in [-0.05, 0) is 49.8 Å². The van der Waals surface area contributed by atoms with Crippen molar-refractivity contribution >= 4 is 5.91 Å². The molecule has 0 unspecified atom stereocenters. The van der Waals surface area contributed by atoms with Gasteiger partial charge in [-0.3, -0.25) is 4.79 Å². The van der Waals surface area contributed by atoms with Crippen LogP contribution in [0.3, 0.4) is 0 Å². The number of pyridine rings is 1. The summed E-state index contributed by atoms with van der Waals surface area (Å²) < 4.78 is 40.3. The van der Waals surface area contributed by atoms with E-state index in [0.717, 1.165) is 44.2 Å². The molecule has 0 atom stereocenters. The highest BCUT2D eigenvalue weighted by atomic mass is 19.4. The second-order valence-corrected chi connectivity index (χ2v) is 9.86. The Morgan fingerprint density at radius 3 is 2.44 bits per heavy atom. The zero-order valence-electron chi connectivity index (χ0n) is 20.0. The molecule has 1 saturated carbocycles. The molecule has 0 aromatic carbocycles. The first-order chi connectivity index (χ1) is 16.2. The van der Waals surface area contributed by atoms with Crippen LogP contribution in [0.2, 0.25) is 0 Å². The molecule has 1 aliphatic heterocycles. The minimum absolute atomic E-state index is 0.0553. The lowest BCUT2D eigenvalue weighted by Gasteiger charge is -2.28. The molecule has 34 heavy (non-hydrogen) atoms. The van der Waals surface area contributed by atoms with Gasteiger partial charge in [0.15, 0.2) is 5.82 Å². The summed E-state index contributed by atoms with van der Waals surface area (Å²) in [7, 11) is 0. The number of halogens is 3. The van der Waals surface area contributed by atoms with Crippen LogP contribution in [-0.2, 0) is 6.18 Å². The van der Waals surface area contributed by atoms with Crippen LogP contribution in [0.15, 0.2) is 24.5 Å². The first-order valence-corrected chi connectivity index (χ1v) is 12.4. The van der Waals surface area contributed by atoms with Gasteiger partial charge in [-0.15, -0.1) is 0 Å². The predicted molar refractivity (Wildman–Crippen MR) is 124 cm³/mol. The Morgan fingerprint density at radius 2 is 1.79 bits per heavy atom. The Bertz CT molecular complexity index is 964. The first kappa shape index (κ1) is 24.7. The maximum absolute atomic E-state index is 13.5. The molecule has 6 nitrogen and oxygen atoms in total. The van der Waals surface area contributed by atoms with Crippen molar-refractivity contribution in [1.29, 1.82) is 0 Å². The molecule has 2 fully saturated rings. The van der Waals surface area contributed by atoms with Gasteiger partial charge in [0.2, 0.25) is 0 Å². The quantitative estimate of drug-likeness (QED) is 0.599. The second kappa shape index (κ2) is 10.5. The summed E-state index contributed by atoms with van der Waals surface area (Å²) >= 11 is 0. The summed E-state index contributed by atoms with van der Waals surface area (Å²) in [6.45, 7) is 8.26. The average molecular weight is 478 g/mol. The summed E-state index contributed by atoms with van der Waals surface area (Å²) in [6.07, 6.45) is 5.46. The molecule has 2 aliphatic rings. The molecule has 3 heterocycles. The molecule has 1 aliphatic carbocycles. The molecule has 1 saturated heterocycles. The number of hydrogen-bond acceptors (Lipinski definition) is 4. The molecule has 0 bridgehead atoms. The Kier molecular flexibility index (Phi) is 7.60. The Labute approximate surface area is 199 Å². The van der Waals surface area contributed by atoms with E-state index in [-0.39, 0.29) is 17.6 Å². The SMILES string of the molecule is CC(C)c1c(C(=O)N2CCCN(CC3CCCCC3)CC2)cnn1-c1ccc(C(F)(F)F)cn1. The summed E-state index contributed by atoms with van der Waals surface area (Å²) in [4.78, 5) is 21.9. The highest BCUT2D eigenvalue weighted by molar-refractivity contribution is 5.95. The molecular weight excluding hydrogens is 443 g/mol. The van der Waals surface area contributed by atoms with Crippen molar-refractivity contribution in [2.45, 2.75) is 64.5 Å². The number of carbonyl (C=O) groups excluding carboxylic acids is 1. The smallest absolute Gasteiger partial charge is 0.337 e. The number of hydrogen-bond donors (Lipinski definition) is 0. The van der Waals surface area contributed by atoms with E-state index in [0.29, 0.717) is 24.3 Å². The molecule has 0 radical (unpaired) electrons. The van der Waals surface area contributed by atoms with Crippen molar-refractivity contribution in [2.24, 2.45) is 5.92 Å². The predicted octanol–water partition coefficient (Wildman–Crippen LogP) is 5.14. The summed E-state index contributed by atoms with van der Waals surface area (Å²) in [5.41, 5.74) is 0.353. The third-order valence-corrected chi connectivity index (χ3v) is 6.99. The Hall–Kier alpha value is -2.42. The Morgan fingerprint density at radius 1 is 1.03 bits per heavy atom. The molecule has 0 spiro atoms. The molecule has 186 valence electrons. The van der Waals surface area contributed by atoms with Gasteiger partial charge < -0.3 is 9.80 Å².